The summed E-state index contributed by atoms with van der Waals surface area (Å²) < 4.78 is 23.5. The van der Waals surface area contributed by atoms with Crippen LogP contribution >= 0.6 is 0 Å². The Hall–Kier alpha value is -2.92. The first kappa shape index (κ1) is 18.9. The molecule has 0 bridgehead atoms. The number of amides is 1. The van der Waals surface area contributed by atoms with Crippen LogP contribution < -0.4 is 5.32 Å². The van der Waals surface area contributed by atoms with E-state index in [0.29, 0.717) is 35.5 Å². The van der Waals surface area contributed by atoms with Gasteiger partial charge in [0.05, 0.1) is 40.2 Å². The molecule has 1 amide bonds. The van der Waals surface area contributed by atoms with Gasteiger partial charge < -0.3 is 10.2 Å². The van der Waals surface area contributed by atoms with Gasteiger partial charge in [-0.2, -0.15) is 5.26 Å². The molecule has 1 aromatic carbocycles. The first-order valence-corrected chi connectivity index (χ1v) is 10.5. The first-order valence-electron chi connectivity index (χ1n) is 8.66. The minimum absolute atomic E-state index is 0.00743. The minimum atomic E-state index is -3.08. The molecule has 1 unspecified atom stereocenters. The minimum Gasteiger partial charge on any atom is -0.353 e. The summed E-state index contributed by atoms with van der Waals surface area (Å²) >= 11 is 0. The van der Waals surface area contributed by atoms with E-state index in [2.05, 4.69) is 16.4 Å². The second-order valence-electron chi connectivity index (χ2n) is 6.39. The fourth-order valence-corrected chi connectivity index (χ4v) is 4.96. The molecule has 0 radical (unpaired) electrons. The van der Waals surface area contributed by atoms with Crippen molar-refractivity contribution in [3.8, 4) is 6.07 Å². The van der Waals surface area contributed by atoms with Gasteiger partial charge in [-0.3, -0.25) is 9.78 Å². The van der Waals surface area contributed by atoms with Gasteiger partial charge in [0.1, 0.15) is 6.07 Å². The van der Waals surface area contributed by atoms with Crippen LogP contribution in [0.25, 0.3) is 0 Å². The number of sulfone groups is 1. The first-order chi connectivity index (χ1) is 12.9. The summed E-state index contributed by atoms with van der Waals surface area (Å²) in [6.45, 7) is 2.26. The second kappa shape index (κ2) is 7.76. The van der Waals surface area contributed by atoms with E-state index in [4.69, 9.17) is 0 Å². The molecule has 1 aliphatic heterocycles. The van der Waals surface area contributed by atoms with Gasteiger partial charge in [0.2, 0.25) is 0 Å². The maximum atomic E-state index is 12.9. The number of nitrogens with one attached hydrogen (secondary N) is 1. The van der Waals surface area contributed by atoms with Gasteiger partial charge in [-0.15, -0.1) is 0 Å². The van der Waals surface area contributed by atoms with Crippen molar-refractivity contribution in [3.05, 3.63) is 53.9 Å². The zero-order valence-corrected chi connectivity index (χ0v) is 15.7. The molecule has 1 N–H and O–H groups in total. The Labute approximate surface area is 158 Å². The van der Waals surface area contributed by atoms with E-state index in [-0.39, 0.29) is 23.5 Å². The van der Waals surface area contributed by atoms with Crippen molar-refractivity contribution in [1.82, 2.24) is 9.88 Å². The monoisotopic (exact) mass is 384 g/mol. The molecule has 27 heavy (non-hydrogen) atoms. The molecule has 0 saturated carbocycles. The molecule has 0 aliphatic carbocycles. The SMILES string of the molecule is CCN(C(=O)c1cncc(Nc2ccccc2C#N)c1)C1CCS(=O)(=O)C1. The van der Waals surface area contributed by atoms with Crippen LogP contribution in [0.2, 0.25) is 0 Å². The lowest BCUT2D eigenvalue weighted by Gasteiger charge is -2.27. The third-order valence-electron chi connectivity index (χ3n) is 4.56. The summed E-state index contributed by atoms with van der Waals surface area (Å²) in [4.78, 5) is 18.6. The zero-order valence-electron chi connectivity index (χ0n) is 14.9. The summed E-state index contributed by atoms with van der Waals surface area (Å²) in [5, 5.41) is 12.3. The van der Waals surface area contributed by atoms with Crippen molar-refractivity contribution in [2.24, 2.45) is 0 Å². The van der Waals surface area contributed by atoms with E-state index < -0.39 is 9.84 Å². The highest BCUT2D eigenvalue weighted by atomic mass is 32.2. The van der Waals surface area contributed by atoms with E-state index in [1.54, 1.807) is 35.4 Å². The summed E-state index contributed by atoms with van der Waals surface area (Å²) in [5.41, 5.74) is 2.07. The topological polar surface area (TPSA) is 103 Å². The van der Waals surface area contributed by atoms with E-state index >= 15 is 0 Å². The average Bonchev–Trinajstić information content (AvgIpc) is 3.02. The van der Waals surface area contributed by atoms with Crippen LogP contribution in [0.4, 0.5) is 11.4 Å². The van der Waals surface area contributed by atoms with Crippen LogP contribution in [-0.4, -0.2) is 48.3 Å². The lowest BCUT2D eigenvalue weighted by atomic mass is 10.1. The summed E-state index contributed by atoms with van der Waals surface area (Å²) in [5.74, 6) is -0.121. The van der Waals surface area contributed by atoms with Gasteiger partial charge in [-0.1, -0.05) is 12.1 Å². The number of anilines is 2. The largest absolute Gasteiger partial charge is 0.353 e. The number of nitrogens with zero attached hydrogens (tertiary/aromatic N) is 3. The molecule has 2 aromatic rings. The Morgan fingerprint density at radius 3 is 2.81 bits per heavy atom. The van der Waals surface area contributed by atoms with Gasteiger partial charge in [0, 0.05) is 18.8 Å². The fraction of sp³-hybridized carbons (Fsp3) is 0.316. The molecule has 1 aromatic heterocycles. The van der Waals surface area contributed by atoms with Crippen molar-refractivity contribution in [3.63, 3.8) is 0 Å². The number of pyridine rings is 1. The van der Waals surface area contributed by atoms with Crippen molar-refractivity contribution in [2.45, 2.75) is 19.4 Å². The van der Waals surface area contributed by atoms with Crippen molar-refractivity contribution in [1.29, 1.82) is 5.26 Å². The maximum absolute atomic E-state index is 12.9. The number of carbonyl (C=O) groups excluding carboxylic acids is 1. The third-order valence-corrected chi connectivity index (χ3v) is 6.31. The van der Waals surface area contributed by atoms with Crippen LogP contribution in [0.5, 0.6) is 0 Å². The average molecular weight is 384 g/mol. The summed E-state index contributed by atoms with van der Waals surface area (Å²) in [6, 6.07) is 10.5. The van der Waals surface area contributed by atoms with Crippen LogP contribution in [0.3, 0.4) is 0 Å². The zero-order chi connectivity index (χ0) is 19.4. The van der Waals surface area contributed by atoms with E-state index in [1.807, 2.05) is 13.0 Å². The lowest BCUT2D eigenvalue weighted by Crippen LogP contribution is -2.41. The third kappa shape index (κ3) is 4.26. The predicted octanol–water partition coefficient (Wildman–Crippen LogP) is 2.35. The Kier molecular flexibility index (Phi) is 5.42. The van der Waals surface area contributed by atoms with Crippen molar-refractivity contribution < 1.29 is 13.2 Å². The number of aromatic nitrogens is 1. The standard InChI is InChI=1S/C19H20N4O3S/c1-2-23(17-7-8-27(25,26)13-17)19(24)15-9-16(12-21-11-15)22-18-6-4-3-5-14(18)10-20/h3-6,9,11-12,17,22H,2,7-8,13H2,1H3. The highest BCUT2D eigenvalue weighted by molar-refractivity contribution is 7.91. The van der Waals surface area contributed by atoms with E-state index in [0.717, 1.165) is 0 Å². The molecule has 1 aliphatic rings. The predicted molar refractivity (Wildman–Crippen MR) is 102 cm³/mol. The van der Waals surface area contributed by atoms with Crippen LogP contribution in [0.15, 0.2) is 42.7 Å². The van der Waals surface area contributed by atoms with Gasteiger partial charge >= 0.3 is 0 Å². The second-order valence-corrected chi connectivity index (χ2v) is 8.62. The summed E-state index contributed by atoms with van der Waals surface area (Å²) in [7, 11) is -3.08. The molecule has 1 atom stereocenters. The lowest BCUT2D eigenvalue weighted by molar-refractivity contribution is 0.0708. The Morgan fingerprint density at radius 2 is 2.15 bits per heavy atom. The van der Waals surface area contributed by atoms with Crippen LogP contribution in [-0.2, 0) is 9.84 Å². The number of nitriles is 1. The molecular weight excluding hydrogens is 364 g/mol. The van der Waals surface area contributed by atoms with Crippen LogP contribution in [0.1, 0.15) is 29.3 Å². The number of hydrogen-bond acceptors (Lipinski definition) is 6. The number of para-hydroxylation sites is 1. The molecule has 1 fully saturated rings. The molecule has 2 heterocycles. The smallest absolute Gasteiger partial charge is 0.255 e. The Balaban J connectivity index is 1.82. The Morgan fingerprint density at radius 1 is 1.37 bits per heavy atom. The molecule has 0 spiro atoms. The number of carbonyl (C=O) groups is 1. The van der Waals surface area contributed by atoms with E-state index in [9.17, 15) is 18.5 Å². The molecule has 8 heteroatoms. The van der Waals surface area contributed by atoms with Gasteiger partial charge in [-0.05, 0) is 31.5 Å². The summed E-state index contributed by atoms with van der Waals surface area (Å²) in [6.07, 6.45) is 3.50. The van der Waals surface area contributed by atoms with Crippen molar-refractivity contribution in [2.75, 3.05) is 23.4 Å². The molecule has 140 valence electrons. The van der Waals surface area contributed by atoms with Gasteiger partial charge in [-0.25, -0.2) is 8.42 Å². The number of benzene rings is 1. The van der Waals surface area contributed by atoms with E-state index in [1.165, 1.54) is 6.20 Å². The fourth-order valence-electron chi connectivity index (χ4n) is 3.23. The number of hydrogen-bond donors (Lipinski definition) is 1. The molecule has 1 saturated heterocycles. The maximum Gasteiger partial charge on any atom is 0.255 e. The molecule has 3 rings (SSSR count). The molecular formula is C19H20N4O3S. The van der Waals surface area contributed by atoms with Gasteiger partial charge in [0.15, 0.2) is 9.84 Å². The normalized spacial score (nSPS) is 17.9. The highest BCUT2D eigenvalue weighted by Crippen LogP contribution is 2.23. The quantitative estimate of drug-likeness (QED) is 0.849. The molecule has 7 nitrogen and oxygen atoms in total. The highest BCUT2D eigenvalue weighted by Gasteiger charge is 2.34. The van der Waals surface area contributed by atoms with Gasteiger partial charge in [0.25, 0.3) is 5.91 Å². The number of rotatable bonds is 5. The van der Waals surface area contributed by atoms with Crippen LogP contribution in [0, 0.1) is 11.3 Å². The Bertz CT molecular complexity index is 998. The van der Waals surface area contributed by atoms with Crippen molar-refractivity contribution >= 4 is 27.1 Å².